The molecule has 1 N–H and O–H groups in total. The van der Waals surface area contributed by atoms with Crippen LogP contribution in [0.2, 0.25) is 0 Å². The van der Waals surface area contributed by atoms with Crippen molar-refractivity contribution >= 4 is 27.5 Å². The molecular formula is C16H18BrF2N3O3. The fraction of sp³-hybridized carbons (Fsp3) is 0.375. The summed E-state index contributed by atoms with van der Waals surface area (Å²) in [4.78, 5) is 12.1. The highest BCUT2D eigenvalue weighted by molar-refractivity contribution is 9.10. The van der Waals surface area contributed by atoms with Crippen LogP contribution in [0.3, 0.4) is 0 Å². The van der Waals surface area contributed by atoms with E-state index in [9.17, 15) is 13.6 Å². The summed E-state index contributed by atoms with van der Waals surface area (Å²) in [5, 5.41) is 6.86. The minimum Gasteiger partial charge on any atom is -0.490 e. The number of aryl methyl sites for hydroxylation is 1. The molecule has 0 aliphatic heterocycles. The van der Waals surface area contributed by atoms with Crippen LogP contribution in [0.15, 0.2) is 28.9 Å². The minimum atomic E-state index is -2.95. The van der Waals surface area contributed by atoms with Gasteiger partial charge in [0.15, 0.2) is 11.5 Å². The Hall–Kier alpha value is -2.16. The Morgan fingerprint density at radius 1 is 1.40 bits per heavy atom. The lowest BCUT2D eigenvalue weighted by molar-refractivity contribution is -0.116. The van der Waals surface area contributed by atoms with E-state index in [0.29, 0.717) is 12.2 Å². The van der Waals surface area contributed by atoms with E-state index in [4.69, 9.17) is 4.74 Å². The van der Waals surface area contributed by atoms with Crippen molar-refractivity contribution in [2.75, 3.05) is 11.9 Å². The van der Waals surface area contributed by atoms with Crippen LogP contribution in [0.25, 0.3) is 0 Å². The Kier molecular flexibility index (Phi) is 6.74. The van der Waals surface area contributed by atoms with Crippen LogP contribution in [-0.2, 0) is 11.3 Å². The number of carbonyl (C=O) groups excluding carboxylic acids is 1. The summed E-state index contributed by atoms with van der Waals surface area (Å²) in [6.45, 7) is 1.38. The predicted octanol–water partition coefficient (Wildman–Crippen LogP) is 3.98. The number of amides is 1. The molecule has 1 heterocycles. The molecule has 0 saturated carbocycles. The van der Waals surface area contributed by atoms with E-state index in [-0.39, 0.29) is 30.4 Å². The second-order valence-electron chi connectivity index (χ2n) is 5.07. The van der Waals surface area contributed by atoms with Crippen LogP contribution >= 0.6 is 15.9 Å². The molecule has 1 amide bonds. The standard InChI is InChI=1S/C16H18BrF2N3O3/c1-3-24-14-8-11(4-5-13(14)25-16(18)19)21-15(23)6-7-22-10(2)12(17)9-20-22/h4-5,8-9,16H,3,6-7H2,1-2H3,(H,21,23). The van der Waals surface area contributed by atoms with E-state index in [2.05, 4.69) is 31.1 Å². The summed E-state index contributed by atoms with van der Waals surface area (Å²) < 4.78 is 37.0. The normalized spacial score (nSPS) is 10.8. The second-order valence-corrected chi connectivity index (χ2v) is 5.93. The molecule has 1 aromatic heterocycles. The number of hydrogen-bond donors (Lipinski definition) is 1. The summed E-state index contributed by atoms with van der Waals surface area (Å²) in [5.74, 6) is -0.157. The van der Waals surface area contributed by atoms with Gasteiger partial charge >= 0.3 is 6.61 Å². The zero-order valence-electron chi connectivity index (χ0n) is 13.8. The first-order valence-corrected chi connectivity index (χ1v) is 8.39. The average Bonchev–Trinajstić information content (AvgIpc) is 2.87. The van der Waals surface area contributed by atoms with Crippen LogP contribution < -0.4 is 14.8 Å². The summed E-state index contributed by atoms with van der Waals surface area (Å²) >= 11 is 3.36. The van der Waals surface area contributed by atoms with Gasteiger partial charge in [-0.3, -0.25) is 9.48 Å². The van der Waals surface area contributed by atoms with Gasteiger partial charge in [-0.05, 0) is 41.9 Å². The molecule has 0 bridgehead atoms. The van der Waals surface area contributed by atoms with Gasteiger partial charge in [-0.25, -0.2) is 0 Å². The SMILES string of the molecule is CCOc1cc(NC(=O)CCn2ncc(Br)c2C)ccc1OC(F)F. The monoisotopic (exact) mass is 417 g/mol. The van der Waals surface area contributed by atoms with E-state index in [1.54, 1.807) is 17.8 Å². The van der Waals surface area contributed by atoms with Crippen LogP contribution in [0.4, 0.5) is 14.5 Å². The smallest absolute Gasteiger partial charge is 0.387 e. The lowest BCUT2D eigenvalue weighted by atomic mass is 10.2. The van der Waals surface area contributed by atoms with E-state index in [1.165, 1.54) is 18.2 Å². The van der Waals surface area contributed by atoms with Gasteiger partial charge in [0, 0.05) is 23.9 Å². The van der Waals surface area contributed by atoms with E-state index in [0.717, 1.165) is 10.2 Å². The first kappa shape index (κ1) is 19.2. The van der Waals surface area contributed by atoms with Crippen LogP contribution in [-0.4, -0.2) is 28.9 Å². The maximum absolute atomic E-state index is 12.4. The molecule has 136 valence electrons. The number of carbonyl (C=O) groups is 1. The van der Waals surface area contributed by atoms with Crippen molar-refractivity contribution in [1.82, 2.24) is 9.78 Å². The van der Waals surface area contributed by atoms with Crippen molar-refractivity contribution in [3.05, 3.63) is 34.6 Å². The first-order chi connectivity index (χ1) is 11.9. The molecule has 0 aliphatic carbocycles. The third-order valence-electron chi connectivity index (χ3n) is 3.34. The van der Waals surface area contributed by atoms with Gasteiger partial charge in [-0.1, -0.05) is 0 Å². The largest absolute Gasteiger partial charge is 0.490 e. The fourth-order valence-electron chi connectivity index (χ4n) is 2.13. The number of nitrogens with zero attached hydrogens (tertiary/aromatic N) is 2. The van der Waals surface area contributed by atoms with Gasteiger partial charge in [-0.15, -0.1) is 0 Å². The van der Waals surface area contributed by atoms with Crippen molar-refractivity contribution in [2.24, 2.45) is 0 Å². The molecule has 2 aromatic rings. The molecule has 0 fully saturated rings. The van der Waals surface area contributed by atoms with Crippen molar-refractivity contribution in [2.45, 2.75) is 33.4 Å². The Bertz CT molecular complexity index is 737. The first-order valence-electron chi connectivity index (χ1n) is 7.60. The van der Waals surface area contributed by atoms with Crippen molar-refractivity contribution < 1.29 is 23.0 Å². The Labute approximate surface area is 152 Å². The van der Waals surface area contributed by atoms with Gasteiger partial charge in [0.05, 0.1) is 23.8 Å². The zero-order valence-corrected chi connectivity index (χ0v) is 15.3. The van der Waals surface area contributed by atoms with E-state index in [1.807, 2.05) is 6.92 Å². The molecule has 9 heteroatoms. The average molecular weight is 418 g/mol. The summed E-state index contributed by atoms with van der Waals surface area (Å²) in [6, 6.07) is 4.27. The van der Waals surface area contributed by atoms with Crippen molar-refractivity contribution in [1.29, 1.82) is 0 Å². The third kappa shape index (κ3) is 5.42. The molecule has 0 saturated heterocycles. The number of nitrogens with one attached hydrogen (secondary N) is 1. The quantitative estimate of drug-likeness (QED) is 0.705. The lowest BCUT2D eigenvalue weighted by Gasteiger charge is -2.13. The zero-order chi connectivity index (χ0) is 18.4. The molecule has 0 spiro atoms. The molecule has 6 nitrogen and oxygen atoms in total. The number of rotatable bonds is 8. The highest BCUT2D eigenvalue weighted by Gasteiger charge is 2.13. The number of benzene rings is 1. The van der Waals surface area contributed by atoms with Crippen LogP contribution in [0.1, 0.15) is 19.0 Å². The molecule has 0 unspecified atom stereocenters. The van der Waals surface area contributed by atoms with Crippen molar-refractivity contribution in [3.8, 4) is 11.5 Å². The molecule has 25 heavy (non-hydrogen) atoms. The predicted molar refractivity (Wildman–Crippen MR) is 92.2 cm³/mol. The molecule has 0 radical (unpaired) electrons. The summed E-state index contributed by atoms with van der Waals surface area (Å²) in [6.07, 6.45) is 1.89. The highest BCUT2D eigenvalue weighted by Crippen LogP contribution is 2.31. The highest BCUT2D eigenvalue weighted by atomic mass is 79.9. The fourth-order valence-corrected chi connectivity index (χ4v) is 2.42. The number of hydrogen-bond acceptors (Lipinski definition) is 4. The maximum Gasteiger partial charge on any atom is 0.387 e. The summed E-state index contributed by atoms with van der Waals surface area (Å²) in [7, 11) is 0. The number of alkyl halides is 2. The van der Waals surface area contributed by atoms with Gasteiger partial charge < -0.3 is 14.8 Å². The number of halogens is 3. The molecule has 0 aliphatic rings. The topological polar surface area (TPSA) is 65.4 Å². The van der Waals surface area contributed by atoms with Gasteiger partial charge in [-0.2, -0.15) is 13.9 Å². The van der Waals surface area contributed by atoms with E-state index < -0.39 is 6.61 Å². The van der Waals surface area contributed by atoms with Crippen molar-refractivity contribution in [3.63, 3.8) is 0 Å². The minimum absolute atomic E-state index is 0.0770. The van der Waals surface area contributed by atoms with Gasteiger partial charge in [0.2, 0.25) is 5.91 Å². The Morgan fingerprint density at radius 2 is 2.16 bits per heavy atom. The van der Waals surface area contributed by atoms with Gasteiger partial charge in [0.25, 0.3) is 0 Å². The van der Waals surface area contributed by atoms with E-state index >= 15 is 0 Å². The maximum atomic E-state index is 12.4. The number of aromatic nitrogens is 2. The molecule has 1 aromatic carbocycles. The van der Waals surface area contributed by atoms with Crippen LogP contribution in [0.5, 0.6) is 11.5 Å². The Balaban J connectivity index is 1.99. The summed E-state index contributed by atoms with van der Waals surface area (Å²) in [5.41, 5.74) is 1.37. The second kappa shape index (κ2) is 8.80. The number of ether oxygens (including phenoxy) is 2. The lowest BCUT2D eigenvalue weighted by Crippen LogP contribution is -2.15. The number of anilines is 1. The molecular weight excluding hydrogens is 400 g/mol. The molecule has 0 atom stereocenters. The Morgan fingerprint density at radius 3 is 2.76 bits per heavy atom. The van der Waals surface area contributed by atoms with Gasteiger partial charge in [0.1, 0.15) is 0 Å². The molecule has 2 rings (SSSR count). The van der Waals surface area contributed by atoms with Crippen LogP contribution in [0, 0.1) is 6.92 Å². The third-order valence-corrected chi connectivity index (χ3v) is 4.12.